The smallest absolute Gasteiger partial charge is 0.210 e. The minimum absolute atomic E-state index is 0. The minimum atomic E-state index is 0. The molecule has 0 radical (unpaired) electrons. The Hall–Kier alpha value is -2.97. The molecule has 0 unspecified atom stereocenters. The maximum absolute atomic E-state index is 2.15. The average molecular weight is 346 g/mol. The number of hydrogen-bond donors (Lipinski definition) is 0. The zero-order valence-corrected chi connectivity index (χ0v) is 14.4. The van der Waals surface area contributed by atoms with E-state index in [1.165, 1.54) is 22.5 Å². The van der Waals surface area contributed by atoms with E-state index in [9.17, 15) is 0 Å². The first-order valence-corrected chi connectivity index (χ1v) is 8.04. The molecule has 0 aliphatic rings. The van der Waals surface area contributed by atoms with Gasteiger partial charge < -0.3 is 12.4 Å². The Bertz CT molecular complexity index is 838. The number of pyridine rings is 2. The molecule has 3 heteroatoms. The molecule has 2 heterocycles. The first-order valence-electron chi connectivity index (χ1n) is 8.04. The summed E-state index contributed by atoms with van der Waals surface area (Å²) in [6, 6.07) is 29.3. The van der Waals surface area contributed by atoms with Gasteiger partial charge in [0.25, 0.3) is 0 Å². The number of para-hydroxylation sites is 2. The van der Waals surface area contributed by atoms with Gasteiger partial charge in [0.2, 0.25) is 11.4 Å². The van der Waals surface area contributed by atoms with Crippen molar-refractivity contribution in [2.45, 2.75) is 0 Å². The van der Waals surface area contributed by atoms with Crippen molar-refractivity contribution in [3.05, 3.63) is 110 Å². The lowest BCUT2D eigenvalue weighted by Gasteiger charge is -2.01. The van der Waals surface area contributed by atoms with Gasteiger partial charge in [0.15, 0.2) is 24.8 Å². The molecule has 0 spiro atoms. The molecule has 4 rings (SSSR count). The van der Waals surface area contributed by atoms with Crippen molar-refractivity contribution in [1.29, 1.82) is 0 Å². The van der Waals surface area contributed by atoms with Crippen molar-refractivity contribution in [3.63, 3.8) is 0 Å². The molecule has 2 nitrogen and oxygen atoms in total. The van der Waals surface area contributed by atoms with Crippen LogP contribution in [0.2, 0.25) is 0 Å². The first kappa shape index (κ1) is 16.9. The second-order valence-electron chi connectivity index (χ2n) is 5.66. The highest BCUT2D eigenvalue weighted by Crippen LogP contribution is 2.16. The van der Waals surface area contributed by atoms with Gasteiger partial charge in [-0.1, -0.05) is 36.4 Å². The van der Waals surface area contributed by atoms with Gasteiger partial charge in [0, 0.05) is 48.5 Å². The van der Waals surface area contributed by atoms with Gasteiger partial charge in [-0.15, -0.1) is 0 Å². The standard InChI is InChI=1S/C22H18N2.ClH/c1-3-7-21(8-4-1)23-15-11-19(12-16-23)20-13-17-24(18-14-20)22-9-5-2-6-10-22;/h1-18H;1H/q+2;/p-1. The molecular formula is C22H18ClN2+. The van der Waals surface area contributed by atoms with Crippen molar-refractivity contribution in [2.24, 2.45) is 0 Å². The Kier molecular flexibility index (Phi) is 5.22. The first-order chi connectivity index (χ1) is 11.9. The Labute approximate surface area is 154 Å². The number of hydrogen-bond acceptors (Lipinski definition) is 0. The highest BCUT2D eigenvalue weighted by molar-refractivity contribution is 5.61. The predicted molar refractivity (Wildman–Crippen MR) is 94.9 cm³/mol. The molecule has 0 atom stereocenters. The van der Waals surface area contributed by atoms with Crippen LogP contribution in [-0.4, -0.2) is 0 Å². The van der Waals surface area contributed by atoms with Crippen LogP contribution in [0.1, 0.15) is 0 Å². The van der Waals surface area contributed by atoms with Gasteiger partial charge >= 0.3 is 0 Å². The molecule has 2 aromatic carbocycles. The van der Waals surface area contributed by atoms with Gasteiger partial charge in [0.05, 0.1) is 0 Å². The van der Waals surface area contributed by atoms with Crippen LogP contribution in [0.4, 0.5) is 0 Å². The van der Waals surface area contributed by atoms with Gasteiger partial charge in [-0.3, -0.25) is 0 Å². The number of aromatic nitrogens is 2. The molecule has 4 aromatic rings. The van der Waals surface area contributed by atoms with Gasteiger partial charge in [-0.05, 0) is 11.1 Å². The summed E-state index contributed by atoms with van der Waals surface area (Å²) in [5.74, 6) is 0. The van der Waals surface area contributed by atoms with Crippen LogP contribution in [0.25, 0.3) is 22.5 Å². The van der Waals surface area contributed by atoms with Crippen LogP contribution in [0.15, 0.2) is 110 Å². The van der Waals surface area contributed by atoms with E-state index < -0.39 is 0 Å². The summed E-state index contributed by atoms with van der Waals surface area (Å²) in [5, 5.41) is 0. The van der Waals surface area contributed by atoms with E-state index in [0.29, 0.717) is 0 Å². The third-order valence-corrected chi connectivity index (χ3v) is 4.10. The molecule has 25 heavy (non-hydrogen) atoms. The van der Waals surface area contributed by atoms with Crippen LogP contribution >= 0.6 is 0 Å². The Morgan fingerprint density at radius 2 is 0.720 bits per heavy atom. The second kappa shape index (κ2) is 7.73. The highest BCUT2D eigenvalue weighted by Gasteiger charge is 2.08. The summed E-state index contributed by atoms with van der Waals surface area (Å²) < 4.78 is 4.24. The zero-order chi connectivity index (χ0) is 16.2. The van der Waals surface area contributed by atoms with Crippen molar-refractivity contribution >= 4 is 0 Å². The van der Waals surface area contributed by atoms with E-state index in [2.05, 4.69) is 107 Å². The molecular weight excluding hydrogens is 328 g/mol. The maximum Gasteiger partial charge on any atom is 0.210 e. The van der Waals surface area contributed by atoms with E-state index >= 15 is 0 Å². The van der Waals surface area contributed by atoms with Crippen molar-refractivity contribution in [2.75, 3.05) is 0 Å². The average Bonchev–Trinajstić information content (AvgIpc) is 2.70. The predicted octanol–water partition coefficient (Wildman–Crippen LogP) is 0.911. The van der Waals surface area contributed by atoms with Crippen molar-refractivity contribution in [3.8, 4) is 22.5 Å². The number of halogens is 1. The van der Waals surface area contributed by atoms with E-state index in [-0.39, 0.29) is 12.4 Å². The lowest BCUT2D eigenvalue weighted by molar-refractivity contribution is -0.596. The maximum atomic E-state index is 2.15. The third kappa shape index (κ3) is 3.76. The summed E-state index contributed by atoms with van der Waals surface area (Å²) in [7, 11) is 0. The molecule has 0 aliphatic carbocycles. The number of rotatable bonds is 3. The van der Waals surface area contributed by atoms with Crippen LogP contribution in [0, 0.1) is 0 Å². The van der Waals surface area contributed by atoms with E-state index in [1.54, 1.807) is 0 Å². The summed E-state index contributed by atoms with van der Waals surface area (Å²) >= 11 is 0. The fourth-order valence-corrected chi connectivity index (χ4v) is 2.78. The van der Waals surface area contributed by atoms with Crippen LogP contribution < -0.4 is 21.5 Å². The van der Waals surface area contributed by atoms with Gasteiger partial charge in [0.1, 0.15) is 0 Å². The highest BCUT2D eigenvalue weighted by atomic mass is 35.5. The topological polar surface area (TPSA) is 7.76 Å². The summed E-state index contributed by atoms with van der Waals surface area (Å²) in [4.78, 5) is 0. The molecule has 0 amide bonds. The van der Waals surface area contributed by atoms with Crippen LogP contribution in [0.5, 0.6) is 0 Å². The van der Waals surface area contributed by atoms with E-state index in [4.69, 9.17) is 0 Å². The molecule has 0 aliphatic heterocycles. The number of nitrogens with zero attached hydrogens (tertiary/aromatic N) is 2. The van der Waals surface area contributed by atoms with Crippen LogP contribution in [0.3, 0.4) is 0 Å². The monoisotopic (exact) mass is 345 g/mol. The fraction of sp³-hybridized carbons (Fsp3) is 0. The van der Waals surface area contributed by atoms with Crippen molar-refractivity contribution in [1.82, 2.24) is 0 Å². The van der Waals surface area contributed by atoms with Gasteiger partial charge in [-0.2, -0.15) is 9.13 Å². The van der Waals surface area contributed by atoms with Crippen molar-refractivity contribution < 1.29 is 21.5 Å². The summed E-state index contributed by atoms with van der Waals surface area (Å²) in [6.07, 6.45) is 8.40. The second-order valence-corrected chi connectivity index (χ2v) is 5.66. The minimum Gasteiger partial charge on any atom is -1.00 e. The zero-order valence-electron chi connectivity index (χ0n) is 13.7. The largest absolute Gasteiger partial charge is 1.00 e. The number of benzene rings is 2. The summed E-state index contributed by atoms with van der Waals surface area (Å²) in [5.41, 5.74) is 4.75. The quantitative estimate of drug-likeness (QED) is 0.488. The Balaban J connectivity index is 0.00000182. The lowest BCUT2D eigenvalue weighted by atomic mass is 10.1. The normalized spacial score (nSPS) is 10.1. The summed E-state index contributed by atoms with van der Waals surface area (Å²) in [6.45, 7) is 0. The van der Waals surface area contributed by atoms with Crippen LogP contribution in [-0.2, 0) is 0 Å². The molecule has 0 saturated carbocycles. The van der Waals surface area contributed by atoms with E-state index in [0.717, 1.165) is 0 Å². The Morgan fingerprint density at radius 1 is 0.400 bits per heavy atom. The molecule has 2 aromatic heterocycles. The fourth-order valence-electron chi connectivity index (χ4n) is 2.78. The third-order valence-electron chi connectivity index (χ3n) is 4.10. The lowest BCUT2D eigenvalue weighted by Crippen LogP contribution is -3.00. The molecule has 0 fully saturated rings. The van der Waals surface area contributed by atoms with E-state index in [1.807, 2.05) is 12.1 Å². The SMILES string of the molecule is [Cl-].c1ccc(-[n+]2ccc(-c3cc[n+](-c4ccccc4)cc3)cc2)cc1. The molecule has 122 valence electrons. The molecule has 0 N–H and O–H groups in total. The molecule has 0 saturated heterocycles. The Morgan fingerprint density at radius 3 is 1.04 bits per heavy atom. The van der Waals surface area contributed by atoms with Gasteiger partial charge in [-0.25, -0.2) is 0 Å². The molecule has 0 bridgehead atoms.